The van der Waals surface area contributed by atoms with Crippen LogP contribution < -0.4 is 4.74 Å². The highest BCUT2D eigenvalue weighted by molar-refractivity contribution is 5.45. The monoisotopic (exact) mass is 360 g/mol. The first kappa shape index (κ1) is 19.6. The van der Waals surface area contributed by atoms with Crippen molar-refractivity contribution in [2.24, 2.45) is 5.92 Å². The number of hydrogen-bond acceptors (Lipinski definition) is 1. The summed E-state index contributed by atoms with van der Waals surface area (Å²) in [6.07, 6.45) is 8.43. The van der Waals surface area contributed by atoms with E-state index in [0.29, 0.717) is 0 Å². The Bertz CT molecular complexity index is 751. The average Bonchev–Trinajstić information content (AvgIpc) is 2.68. The van der Waals surface area contributed by atoms with E-state index in [4.69, 9.17) is 4.74 Å². The lowest BCUT2D eigenvalue weighted by atomic mass is 9.77. The van der Waals surface area contributed by atoms with Gasteiger partial charge in [-0.05, 0) is 93.3 Å². The molecular weight excluding hydrogens is 328 g/mol. The largest absolute Gasteiger partial charge is 0.491 e. The first-order valence-electron chi connectivity index (χ1n) is 10.5. The molecule has 1 heteroatoms. The summed E-state index contributed by atoms with van der Waals surface area (Å²) in [4.78, 5) is 0. The lowest BCUT2D eigenvalue weighted by Crippen LogP contribution is -2.13. The van der Waals surface area contributed by atoms with Gasteiger partial charge in [0.25, 0.3) is 0 Å². The minimum Gasteiger partial charge on any atom is -0.491 e. The van der Waals surface area contributed by atoms with Gasteiger partial charge in [0.05, 0.1) is 6.10 Å². The van der Waals surface area contributed by atoms with Crippen molar-refractivity contribution in [3.05, 3.63) is 65.2 Å². The van der Waals surface area contributed by atoms with E-state index >= 15 is 0 Å². The molecule has 0 saturated heterocycles. The quantitative estimate of drug-likeness (QED) is 0.524. The van der Waals surface area contributed by atoms with E-state index in [2.05, 4.69) is 43.0 Å². The van der Waals surface area contributed by atoms with E-state index in [9.17, 15) is 0 Å². The third kappa shape index (κ3) is 5.90. The molecule has 0 atom stereocenters. The number of hydrogen-bond donors (Lipinski definition) is 0. The standard InChI is InChI=1S/C26H32O/c1-4-5-21-8-14-24(15-9-21)25-16-10-22(11-17-25)6-7-23-12-18-26(19-13-23)27-20(2)3/h10-13,16-21,24H,4-5,8-9,14-15H2,1-3H3. The van der Waals surface area contributed by atoms with Crippen molar-refractivity contribution < 1.29 is 4.74 Å². The van der Waals surface area contributed by atoms with Crippen LogP contribution >= 0.6 is 0 Å². The van der Waals surface area contributed by atoms with Crippen molar-refractivity contribution >= 4 is 0 Å². The summed E-state index contributed by atoms with van der Waals surface area (Å²) in [7, 11) is 0. The molecule has 2 aromatic rings. The number of rotatable bonds is 5. The highest BCUT2D eigenvalue weighted by Crippen LogP contribution is 2.37. The Labute approximate surface area is 165 Å². The highest BCUT2D eigenvalue weighted by Gasteiger charge is 2.21. The molecule has 1 aliphatic rings. The molecule has 0 bridgehead atoms. The molecule has 0 N–H and O–H groups in total. The van der Waals surface area contributed by atoms with E-state index < -0.39 is 0 Å². The summed E-state index contributed by atoms with van der Waals surface area (Å²) < 4.78 is 5.67. The molecule has 1 saturated carbocycles. The summed E-state index contributed by atoms with van der Waals surface area (Å²) in [6, 6.07) is 16.9. The smallest absolute Gasteiger partial charge is 0.119 e. The second kappa shape index (κ2) is 9.65. The molecule has 0 unspecified atom stereocenters. The van der Waals surface area contributed by atoms with Gasteiger partial charge in [0.1, 0.15) is 5.75 Å². The van der Waals surface area contributed by atoms with Crippen LogP contribution in [0.3, 0.4) is 0 Å². The van der Waals surface area contributed by atoms with Crippen LogP contribution in [-0.2, 0) is 0 Å². The molecule has 27 heavy (non-hydrogen) atoms. The third-order valence-electron chi connectivity index (χ3n) is 5.50. The second-order valence-electron chi connectivity index (χ2n) is 8.07. The van der Waals surface area contributed by atoms with Crippen molar-refractivity contribution in [1.29, 1.82) is 0 Å². The SMILES string of the molecule is CCCC1CCC(c2ccc(C#Cc3ccc(OC(C)C)cc3)cc2)CC1. The predicted octanol–water partition coefficient (Wildman–Crippen LogP) is 6.95. The fourth-order valence-electron chi connectivity index (χ4n) is 4.06. The molecule has 1 fully saturated rings. The summed E-state index contributed by atoms with van der Waals surface area (Å²) in [6.45, 7) is 6.38. The summed E-state index contributed by atoms with van der Waals surface area (Å²) in [5, 5.41) is 0. The summed E-state index contributed by atoms with van der Waals surface area (Å²) in [5.41, 5.74) is 3.59. The first-order valence-corrected chi connectivity index (χ1v) is 10.5. The zero-order valence-electron chi connectivity index (χ0n) is 17.0. The van der Waals surface area contributed by atoms with Crippen molar-refractivity contribution in [2.45, 2.75) is 71.3 Å². The van der Waals surface area contributed by atoms with Gasteiger partial charge in [-0.2, -0.15) is 0 Å². The van der Waals surface area contributed by atoms with Crippen LogP contribution in [0.15, 0.2) is 48.5 Å². The van der Waals surface area contributed by atoms with Gasteiger partial charge in [-0.25, -0.2) is 0 Å². The summed E-state index contributed by atoms with van der Waals surface area (Å²) >= 11 is 0. The van der Waals surface area contributed by atoms with Crippen LogP contribution in [0.4, 0.5) is 0 Å². The van der Waals surface area contributed by atoms with Gasteiger partial charge in [0, 0.05) is 11.1 Å². The third-order valence-corrected chi connectivity index (χ3v) is 5.50. The molecule has 2 aromatic carbocycles. The van der Waals surface area contributed by atoms with Crippen LogP contribution in [0.5, 0.6) is 5.75 Å². The van der Waals surface area contributed by atoms with Crippen LogP contribution in [0.2, 0.25) is 0 Å². The molecule has 142 valence electrons. The van der Waals surface area contributed by atoms with Gasteiger partial charge in [0.2, 0.25) is 0 Å². The Balaban J connectivity index is 1.58. The van der Waals surface area contributed by atoms with Gasteiger partial charge in [-0.15, -0.1) is 0 Å². The van der Waals surface area contributed by atoms with E-state index in [1.807, 2.05) is 38.1 Å². The minimum atomic E-state index is 0.196. The van der Waals surface area contributed by atoms with E-state index in [1.54, 1.807) is 0 Å². The zero-order valence-corrected chi connectivity index (χ0v) is 17.0. The Morgan fingerprint density at radius 2 is 1.41 bits per heavy atom. The molecule has 3 rings (SSSR count). The van der Waals surface area contributed by atoms with Gasteiger partial charge in [-0.1, -0.05) is 43.7 Å². The minimum absolute atomic E-state index is 0.196. The molecule has 0 aromatic heterocycles. The molecule has 1 nitrogen and oxygen atoms in total. The maximum atomic E-state index is 5.67. The maximum absolute atomic E-state index is 5.67. The van der Waals surface area contributed by atoms with Crippen LogP contribution in [0.25, 0.3) is 0 Å². The molecule has 0 amide bonds. The normalized spacial score (nSPS) is 19.4. The van der Waals surface area contributed by atoms with Crippen LogP contribution in [0.1, 0.15) is 81.9 Å². The first-order chi connectivity index (χ1) is 13.1. The molecular formula is C26H32O. The van der Waals surface area contributed by atoms with Gasteiger partial charge in [-0.3, -0.25) is 0 Å². The van der Waals surface area contributed by atoms with E-state index in [1.165, 1.54) is 44.1 Å². The molecule has 0 heterocycles. The van der Waals surface area contributed by atoms with E-state index in [-0.39, 0.29) is 6.10 Å². The zero-order chi connectivity index (χ0) is 19.1. The lowest BCUT2D eigenvalue weighted by Gasteiger charge is -2.28. The van der Waals surface area contributed by atoms with Gasteiger partial charge < -0.3 is 4.74 Å². The Morgan fingerprint density at radius 3 is 1.93 bits per heavy atom. The average molecular weight is 361 g/mol. The number of benzene rings is 2. The Morgan fingerprint density at radius 1 is 0.852 bits per heavy atom. The van der Waals surface area contributed by atoms with Gasteiger partial charge >= 0.3 is 0 Å². The van der Waals surface area contributed by atoms with Crippen molar-refractivity contribution in [2.75, 3.05) is 0 Å². The van der Waals surface area contributed by atoms with Crippen molar-refractivity contribution in [3.63, 3.8) is 0 Å². The van der Waals surface area contributed by atoms with Crippen LogP contribution in [-0.4, -0.2) is 6.10 Å². The topological polar surface area (TPSA) is 9.23 Å². The fourth-order valence-corrected chi connectivity index (χ4v) is 4.06. The molecule has 1 aliphatic carbocycles. The fraction of sp³-hybridized carbons (Fsp3) is 0.462. The Kier molecular flexibility index (Phi) is 6.99. The van der Waals surface area contributed by atoms with Crippen molar-refractivity contribution in [1.82, 2.24) is 0 Å². The van der Waals surface area contributed by atoms with Crippen molar-refractivity contribution in [3.8, 4) is 17.6 Å². The van der Waals surface area contributed by atoms with E-state index in [0.717, 1.165) is 28.7 Å². The maximum Gasteiger partial charge on any atom is 0.119 e. The predicted molar refractivity (Wildman–Crippen MR) is 114 cm³/mol. The molecule has 0 aliphatic heterocycles. The molecule has 0 spiro atoms. The Hall–Kier alpha value is -2.20. The summed E-state index contributed by atoms with van der Waals surface area (Å²) in [5.74, 6) is 9.15. The molecule has 0 radical (unpaired) electrons. The highest BCUT2D eigenvalue weighted by atomic mass is 16.5. The lowest BCUT2D eigenvalue weighted by molar-refractivity contribution is 0.242. The second-order valence-corrected chi connectivity index (χ2v) is 8.07. The number of ether oxygens (including phenoxy) is 1. The van der Waals surface area contributed by atoms with Crippen LogP contribution in [0, 0.1) is 17.8 Å². The van der Waals surface area contributed by atoms with Gasteiger partial charge in [0.15, 0.2) is 0 Å².